The number of aromatic nitrogens is 1. The molecule has 0 saturated carbocycles. The van der Waals surface area contributed by atoms with Gasteiger partial charge in [0.05, 0.1) is 12.6 Å². The van der Waals surface area contributed by atoms with Crippen LogP contribution in [-0.2, 0) is 11.8 Å². The molecule has 0 saturated heterocycles. The van der Waals surface area contributed by atoms with Crippen molar-refractivity contribution in [1.82, 2.24) is 4.57 Å². The summed E-state index contributed by atoms with van der Waals surface area (Å²) in [5, 5.41) is 9.56. The van der Waals surface area contributed by atoms with Gasteiger partial charge < -0.3 is 14.4 Å². The number of pyridine rings is 1. The number of nitrogens with zero attached hydrogens (tertiary/aromatic N) is 1. The summed E-state index contributed by atoms with van der Waals surface area (Å²) < 4.78 is 6.76. The molecule has 20 heavy (non-hydrogen) atoms. The van der Waals surface area contributed by atoms with E-state index in [-0.39, 0.29) is 5.56 Å². The van der Waals surface area contributed by atoms with E-state index in [0.29, 0.717) is 16.8 Å². The molecule has 5 nitrogen and oxygen atoms in total. The molecule has 1 aromatic heterocycles. The van der Waals surface area contributed by atoms with Crippen LogP contribution in [0.2, 0.25) is 0 Å². The van der Waals surface area contributed by atoms with E-state index in [9.17, 15) is 9.59 Å². The number of carbonyl (C=O) groups is 1. The van der Waals surface area contributed by atoms with Gasteiger partial charge in [0.15, 0.2) is 0 Å². The molecule has 104 valence electrons. The van der Waals surface area contributed by atoms with E-state index in [1.54, 1.807) is 27.1 Å². The fourth-order valence-corrected chi connectivity index (χ4v) is 2.27. The first kappa shape index (κ1) is 13.9. The summed E-state index contributed by atoms with van der Waals surface area (Å²) >= 11 is 0. The molecule has 0 aliphatic heterocycles. The van der Waals surface area contributed by atoms with Crippen LogP contribution in [-0.4, -0.2) is 22.8 Å². The number of carboxylic acid groups (broad SMARTS) is 1. The average Bonchev–Trinajstić information content (AvgIpc) is 2.43. The first-order valence-corrected chi connectivity index (χ1v) is 6.04. The van der Waals surface area contributed by atoms with Gasteiger partial charge in [-0.3, -0.25) is 4.79 Å². The largest absolute Gasteiger partial charge is 0.495 e. The van der Waals surface area contributed by atoms with E-state index in [4.69, 9.17) is 9.84 Å². The number of benzene rings is 1. The molecule has 2 aromatic rings. The second-order valence-corrected chi connectivity index (χ2v) is 4.43. The van der Waals surface area contributed by atoms with Crippen LogP contribution in [0.5, 0.6) is 5.75 Å². The number of fused-ring (bicyclic) bond motifs is 1. The Hall–Kier alpha value is -2.56. The summed E-state index contributed by atoms with van der Waals surface area (Å²) in [7, 11) is 3.19. The highest BCUT2D eigenvalue weighted by Crippen LogP contribution is 2.27. The molecular formula is C15H15NO4. The predicted molar refractivity (Wildman–Crippen MR) is 77.1 cm³/mol. The number of ether oxygens (including phenoxy) is 1. The Balaban J connectivity index is 2.88. The monoisotopic (exact) mass is 273 g/mol. The molecule has 1 aromatic carbocycles. The zero-order valence-corrected chi connectivity index (χ0v) is 11.5. The van der Waals surface area contributed by atoms with Gasteiger partial charge in [0, 0.05) is 24.1 Å². The minimum atomic E-state index is -1.09. The molecule has 0 aliphatic rings. The lowest BCUT2D eigenvalue weighted by Gasteiger charge is -2.13. The van der Waals surface area contributed by atoms with Crippen LogP contribution in [0, 0.1) is 6.92 Å². The molecule has 0 unspecified atom stereocenters. The summed E-state index contributed by atoms with van der Waals surface area (Å²) in [5.41, 5.74) is 1.55. The standard InChI is InChI=1S/C15H15NO4/c1-9-10-5-4-6-12(20-3)14(10)16(2)15(19)11(9)7-8-13(17)18/h4-8H,1-3H3,(H,17,18)/b8-7+. The van der Waals surface area contributed by atoms with Crippen LogP contribution in [0.15, 0.2) is 29.1 Å². The lowest BCUT2D eigenvalue weighted by molar-refractivity contribution is -0.131. The average molecular weight is 273 g/mol. The lowest BCUT2D eigenvalue weighted by atomic mass is 10.0. The fourth-order valence-electron chi connectivity index (χ4n) is 2.27. The smallest absolute Gasteiger partial charge is 0.328 e. The highest BCUT2D eigenvalue weighted by Gasteiger charge is 2.13. The maximum absolute atomic E-state index is 12.3. The topological polar surface area (TPSA) is 68.5 Å². The number of methoxy groups -OCH3 is 1. The van der Waals surface area contributed by atoms with Crippen molar-refractivity contribution in [2.45, 2.75) is 6.92 Å². The maximum atomic E-state index is 12.3. The number of hydrogen-bond donors (Lipinski definition) is 1. The van der Waals surface area contributed by atoms with Gasteiger partial charge in [0.25, 0.3) is 5.56 Å². The van der Waals surface area contributed by atoms with Gasteiger partial charge in [-0.05, 0) is 24.6 Å². The van der Waals surface area contributed by atoms with Crippen LogP contribution < -0.4 is 10.3 Å². The van der Waals surface area contributed by atoms with Crippen LogP contribution in [0.4, 0.5) is 0 Å². The Kier molecular flexibility index (Phi) is 3.61. The van der Waals surface area contributed by atoms with Crippen molar-refractivity contribution in [3.8, 4) is 5.75 Å². The van der Waals surface area contributed by atoms with Crippen LogP contribution in [0.1, 0.15) is 11.1 Å². The quantitative estimate of drug-likeness (QED) is 0.868. The molecule has 0 fully saturated rings. The van der Waals surface area contributed by atoms with E-state index >= 15 is 0 Å². The van der Waals surface area contributed by atoms with Crippen LogP contribution in [0.25, 0.3) is 17.0 Å². The summed E-state index contributed by atoms with van der Waals surface area (Å²) in [4.78, 5) is 23.0. The van der Waals surface area contributed by atoms with Crippen molar-refractivity contribution in [1.29, 1.82) is 0 Å². The van der Waals surface area contributed by atoms with Crippen molar-refractivity contribution >= 4 is 22.9 Å². The number of aliphatic carboxylic acids is 1. The molecule has 1 N–H and O–H groups in total. The summed E-state index contributed by atoms with van der Waals surface area (Å²) in [6, 6.07) is 5.50. The molecule has 1 heterocycles. The fraction of sp³-hybridized carbons (Fsp3) is 0.200. The van der Waals surface area contributed by atoms with Crippen molar-refractivity contribution in [3.63, 3.8) is 0 Å². The van der Waals surface area contributed by atoms with Crippen molar-refractivity contribution < 1.29 is 14.6 Å². The Labute approximate surface area is 115 Å². The molecule has 0 aliphatic carbocycles. The Morgan fingerprint density at radius 1 is 1.40 bits per heavy atom. The van der Waals surface area contributed by atoms with Gasteiger partial charge in [0.2, 0.25) is 0 Å². The van der Waals surface area contributed by atoms with E-state index in [0.717, 1.165) is 17.0 Å². The molecule has 2 rings (SSSR count). The summed E-state index contributed by atoms with van der Waals surface area (Å²) in [5.74, 6) is -0.476. The molecule has 0 bridgehead atoms. The van der Waals surface area contributed by atoms with Gasteiger partial charge >= 0.3 is 5.97 Å². The highest BCUT2D eigenvalue weighted by atomic mass is 16.5. The van der Waals surface area contributed by atoms with Crippen molar-refractivity contribution in [2.24, 2.45) is 7.05 Å². The SMILES string of the molecule is COc1cccc2c(C)c(/C=C/C(=O)O)c(=O)n(C)c12. The van der Waals surface area contributed by atoms with E-state index in [1.807, 2.05) is 12.1 Å². The van der Waals surface area contributed by atoms with Crippen LogP contribution >= 0.6 is 0 Å². The maximum Gasteiger partial charge on any atom is 0.328 e. The zero-order chi connectivity index (χ0) is 14.9. The Morgan fingerprint density at radius 3 is 2.70 bits per heavy atom. The normalized spacial score (nSPS) is 11.2. The van der Waals surface area contributed by atoms with Gasteiger partial charge in [-0.1, -0.05) is 12.1 Å². The lowest BCUT2D eigenvalue weighted by Crippen LogP contribution is -2.21. The van der Waals surface area contributed by atoms with Gasteiger partial charge in [-0.25, -0.2) is 4.79 Å². The van der Waals surface area contributed by atoms with Gasteiger partial charge in [-0.15, -0.1) is 0 Å². The summed E-state index contributed by atoms with van der Waals surface area (Å²) in [6.45, 7) is 1.80. The summed E-state index contributed by atoms with van der Waals surface area (Å²) in [6.07, 6.45) is 2.30. The van der Waals surface area contributed by atoms with Gasteiger partial charge in [-0.2, -0.15) is 0 Å². The zero-order valence-electron chi connectivity index (χ0n) is 11.5. The molecule has 0 atom stereocenters. The third-order valence-electron chi connectivity index (χ3n) is 3.29. The number of hydrogen-bond acceptors (Lipinski definition) is 3. The highest BCUT2D eigenvalue weighted by molar-refractivity contribution is 5.92. The molecule has 5 heteroatoms. The third kappa shape index (κ3) is 2.18. The number of aryl methyl sites for hydroxylation is 2. The third-order valence-corrected chi connectivity index (χ3v) is 3.29. The second kappa shape index (κ2) is 5.21. The second-order valence-electron chi connectivity index (χ2n) is 4.43. The first-order chi connectivity index (χ1) is 9.47. The number of carboxylic acids is 1. The van der Waals surface area contributed by atoms with E-state index in [1.165, 1.54) is 10.6 Å². The van der Waals surface area contributed by atoms with E-state index in [2.05, 4.69) is 0 Å². The minimum Gasteiger partial charge on any atom is -0.495 e. The molecule has 0 radical (unpaired) electrons. The van der Waals surface area contributed by atoms with Crippen LogP contribution in [0.3, 0.4) is 0 Å². The number of rotatable bonds is 3. The molecular weight excluding hydrogens is 258 g/mol. The molecule has 0 spiro atoms. The van der Waals surface area contributed by atoms with Gasteiger partial charge in [0.1, 0.15) is 5.75 Å². The Bertz CT molecular complexity index is 772. The minimum absolute atomic E-state index is 0.253. The number of para-hydroxylation sites is 1. The predicted octanol–water partition coefficient (Wildman–Crippen LogP) is 1.95. The van der Waals surface area contributed by atoms with Crippen molar-refractivity contribution in [3.05, 3.63) is 45.8 Å². The molecule has 0 amide bonds. The van der Waals surface area contributed by atoms with Crippen molar-refractivity contribution in [2.75, 3.05) is 7.11 Å². The first-order valence-electron chi connectivity index (χ1n) is 6.04. The Morgan fingerprint density at radius 2 is 2.10 bits per heavy atom. The van der Waals surface area contributed by atoms with E-state index < -0.39 is 5.97 Å².